The topological polar surface area (TPSA) is 41.0 Å². The van der Waals surface area contributed by atoms with Crippen LogP contribution in [0.5, 0.6) is 0 Å². The Hall–Kier alpha value is -1.32. The smallest absolute Gasteiger partial charge is 0.134 e. The third kappa shape index (κ3) is 3.58. The van der Waals surface area contributed by atoms with Crippen LogP contribution in [0.15, 0.2) is 6.07 Å². The van der Waals surface area contributed by atoms with Gasteiger partial charge >= 0.3 is 0 Å². The Bertz CT molecular complexity index is 428. The van der Waals surface area contributed by atoms with Gasteiger partial charge in [-0.15, -0.1) is 0 Å². The first-order valence-electron chi connectivity index (χ1n) is 7.41. The maximum Gasteiger partial charge on any atom is 0.134 e. The zero-order valence-corrected chi connectivity index (χ0v) is 12.7. The molecule has 0 unspecified atom stereocenters. The average molecular weight is 262 g/mol. The molecule has 0 spiro atoms. The normalized spacial score (nSPS) is 17.8. The van der Waals surface area contributed by atoms with Crippen molar-refractivity contribution in [3.05, 3.63) is 11.9 Å². The highest BCUT2D eigenvalue weighted by atomic mass is 15.2. The predicted molar refractivity (Wildman–Crippen MR) is 80.8 cm³/mol. The van der Waals surface area contributed by atoms with Gasteiger partial charge in [-0.1, -0.05) is 27.7 Å². The predicted octanol–water partition coefficient (Wildman–Crippen LogP) is 3.10. The zero-order valence-electron chi connectivity index (χ0n) is 12.7. The fraction of sp³-hybridized carbons (Fsp3) is 0.733. The van der Waals surface area contributed by atoms with Gasteiger partial charge in [-0.05, 0) is 18.3 Å². The molecule has 1 N–H and O–H groups in total. The Morgan fingerprint density at radius 2 is 2.11 bits per heavy atom. The summed E-state index contributed by atoms with van der Waals surface area (Å²) in [4.78, 5) is 11.6. The lowest BCUT2D eigenvalue weighted by Gasteiger charge is -2.21. The minimum atomic E-state index is 0.397. The number of anilines is 2. The van der Waals surface area contributed by atoms with E-state index in [1.54, 1.807) is 0 Å². The molecule has 0 atom stereocenters. The molecule has 1 aromatic rings. The molecule has 0 aliphatic carbocycles. The molecular weight excluding hydrogens is 236 g/mol. The standard InChI is InChI=1S/C15H26N4/c1-5-8-16-13-10-14(18-12(6-2)17-13)19-9-7-15(3,4)11-19/h10H,5-9,11H2,1-4H3,(H,16,17,18). The van der Waals surface area contributed by atoms with Crippen LogP contribution in [0.25, 0.3) is 0 Å². The van der Waals surface area contributed by atoms with Crippen molar-refractivity contribution in [1.82, 2.24) is 9.97 Å². The first kappa shape index (κ1) is 14.1. The van der Waals surface area contributed by atoms with Crippen molar-refractivity contribution < 1.29 is 0 Å². The van der Waals surface area contributed by atoms with Crippen LogP contribution in [0.1, 0.15) is 46.4 Å². The Kier molecular flexibility index (Phi) is 4.27. The third-order valence-electron chi connectivity index (χ3n) is 3.63. The summed E-state index contributed by atoms with van der Waals surface area (Å²) in [6.45, 7) is 12.1. The SMILES string of the molecule is CCCNc1cc(N2CCC(C)(C)C2)nc(CC)n1. The van der Waals surface area contributed by atoms with E-state index in [0.29, 0.717) is 5.41 Å². The number of nitrogens with one attached hydrogen (secondary N) is 1. The van der Waals surface area contributed by atoms with Crippen molar-refractivity contribution in [3.8, 4) is 0 Å². The van der Waals surface area contributed by atoms with E-state index in [0.717, 1.165) is 49.9 Å². The maximum atomic E-state index is 4.68. The molecule has 0 aromatic carbocycles. The monoisotopic (exact) mass is 262 g/mol. The van der Waals surface area contributed by atoms with Gasteiger partial charge in [0.15, 0.2) is 0 Å². The van der Waals surface area contributed by atoms with Crippen molar-refractivity contribution in [3.63, 3.8) is 0 Å². The first-order valence-corrected chi connectivity index (χ1v) is 7.41. The van der Waals surface area contributed by atoms with E-state index in [4.69, 9.17) is 0 Å². The molecule has 106 valence electrons. The Morgan fingerprint density at radius 3 is 2.68 bits per heavy atom. The van der Waals surface area contributed by atoms with Crippen LogP contribution in [0.3, 0.4) is 0 Å². The summed E-state index contributed by atoms with van der Waals surface area (Å²) in [5.74, 6) is 2.98. The second-order valence-electron chi connectivity index (χ2n) is 6.14. The molecule has 0 amide bonds. The van der Waals surface area contributed by atoms with Crippen LogP contribution in [0.4, 0.5) is 11.6 Å². The van der Waals surface area contributed by atoms with E-state index in [-0.39, 0.29) is 0 Å². The van der Waals surface area contributed by atoms with E-state index in [2.05, 4.69) is 53.9 Å². The van der Waals surface area contributed by atoms with Crippen LogP contribution < -0.4 is 10.2 Å². The van der Waals surface area contributed by atoms with Gasteiger partial charge < -0.3 is 10.2 Å². The van der Waals surface area contributed by atoms with Gasteiger partial charge in [-0.25, -0.2) is 9.97 Å². The number of hydrogen-bond donors (Lipinski definition) is 1. The zero-order chi connectivity index (χ0) is 13.9. The van der Waals surface area contributed by atoms with Crippen molar-refractivity contribution in [1.29, 1.82) is 0 Å². The van der Waals surface area contributed by atoms with Crippen LogP contribution in [-0.2, 0) is 6.42 Å². The number of rotatable bonds is 5. The molecule has 1 aliphatic heterocycles. The highest BCUT2D eigenvalue weighted by molar-refractivity contribution is 5.50. The summed E-state index contributed by atoms with van der Waals surface area (Å²) in [5, 5.41) is 3.38. The summed E-state index contributed by atoms with van der Waals surface area (Å²) in [6, 6.07) is 2.09. The molecule has 1 fully saturated rings. The summed E-state index contributed by atoms with van der Waals surface area (Å²) < 4.78 is 0. The van der Waals surface area contributed by atoms with Crippen molar-refractivity contribution in [2.75, 3.05) is 29.9 Å². The van der Waals surface area contributed by atoms with E-state index in [9.17, 15) is 0 Å². The molecule has 1 aliphatic rings. The van der Waals surface area contributed by atoms with E-state index >= 15 is 0 Å². The van der Waals surface area contributed by atoms with Gasteiger partial charge in [0, 0.05) is 32.1 Å². The minimum Gasteiger partial charge on any atom is -0.370 e. The Morgan fingerprint density at radius 1 is 1.32 bits per heavy atom. The third-order valence-corrected chi connectivity index (χ3v) is 3.63. The number of nitrogens with zero attached hydrogens (tertiary/aromatic N) is 3. The summed E-state index contributed by atoms with van der Waals surface area (Å²) in [5.41, 5.74) is 0.397. The van der Waals surface area contributed by atoms with Gasteiger partial charge in [0.05, 0.1) is 0 Å². The molecule has 2 rings (SSSR count). The summed E-state index contributed by atoms with van der Waals surface area (Å²) in [6.07, 6.45) is 3.22. The Balaban J connectivity index is 2.19. The molecule has 4 nitrogen and oxygen atoms in total. The summed E-state index contributed by atoms with van der Waals surface area (Å²) >= 11 is 0. The van der Waals surface area contributed by atoms with E-state index in [1.807, 2.05) is 0 Å². The van der Waals surface area contributed by atoms with Gasteiger partial charge in [-0.2, -0.15) is 0 Å². The average Bonchev–Trinajstić information content (AvgIpc) is 2.76. The van der Waals surface area contributed by atoms with Crippen molar-refractivity contribution in [2.24, 2.45) is 5.41 Å². The van der Waals surface area contributed by atoms with E-state index in [1.165, 1.54) is 6.42 Å². The lowest BCUT2D eigenvalue weighted by Crippen LogP contribution is -2.24. The molecule has 0 bridgehead atoms. The van der Waals surface area contributed by atoms with Gasteiger partial charge in [0.25, 0.3) is 0 Å². The molecule has 1 aromatic heterocycles. The molecule has 1 saturated heterocycles. The van der Waals surface area contributed by atoms with Crippen LogP contribution >= 0.6 is 0 Å². The molecule has 19 heavy (non-hydrogen) atoms. The molecule has 4 heteroatoms. The van der Waals surface area contributed by atoms with Crippen LogP contribution in [0.2, 0.25) is 0 Å². The lowest BCUT2D eigenvalue weighted by molar-refractivity contribution is 0.418. The first-order chi connectivity index (χ1) is 9.04. The van der Waals surface area contributed by atoms with Crippen LogP contribution in [-0.4, -0.2) is 29.6 Å². The summed E-state index contributed by atoms with van der Waals surface area (Å²) in [7, 11) is 0. The highest BCUT2D eigenvalue weighted by Crippen LogP contribution is 2.32. The molecule has 0 radical (unpaired) electrons. The van der Waals surface area contributed by atoms with Crippen molar-refractivity contribution >= 4 is 11.6 Å². The van der Waals surface area contributed by atoms with Crippen LogP contribution in [0, 0.1) is 5.41 Å². The maximum absolute atomic E-state index is 4.68. The van der Waals surface area contributed by atoms with Gasteiger partial charge in [0.2, 0.25) is 0 Å². The molecule has 2 heterocycles. The quantitative estimate of drug-likeness (QED) is 0.885. The molecular formula is C15H26N4. The van der Waals surface area contributed by atoms with E-state index < -0.39 is 0 Å². The number of hydrogen-bond acceptors (Lipinski definition) is 4. The second kappa shape index (κ2) is 5.76. The van der Waals surface area contributed by atoms with Gasteiger partial charge in [-0.3, -0.25) is 0 Å². The largest absolute Gasteiger partial charge is 0.370 e. The second-order valence-corrected chi connectivity index (χ2v) is 6.14. The number of aryl methyl sites for hydroxylation is 1. The minimum absolute atomic E-state index is 0.397. The molecule has 0 saturated carbocycles. The fourth-order valence-corrected chi connectivity index (χ4v) is 2.45. The van der Waals surface area contributed by atoms with Gasteiger partial charge in [0.1, 0.15) is 17.5 Å². The lowest BCUT2D eigenvalue weighted by atomic mass is 9.93. The number of aromatic nitrogens is 2. The van der Waals surface area contributed by atoms with Crippen molar-refractivity contribution in [2.45, 2.75) is 47.0 Å². The highest BCUT2D eigenvalue weighted by Gasteiger charge is 2.30. The Labute approximate surface area is 116 Å². The fourth-order valence-electron chi connectivity index (χ4n) is 2.45.